The molecule has 3 N–H and O–H groups in total. The average molecular weight is 410 g/mol. The number of para-hydroxylation sites is 2. The van der Waals surface area contributed by atoms with Crippen LogP contribution in [-0.4, -0.2) is 25.5 Å². The Morgan fingerprint density at radius 2 is 1.62 bits per heavy atom. The summed E-state index contributed by atoms with van der Waals surface area (Å²) in [6.07, 6.45) is 0. The standard InChI is InChI=1S/C22H20ClN3O3/c1-29-20-12-11-15(23)13-19(20)24-14-21(27)26-18-10-6-5-9-17(18)22(28)25-16-7-3-2-4-8-16/h2-13,24H,14H2,1H3,(H,25,28)(H,26,27). The highest BCUT2D eigenvalue weighted by molar-refractivity contribution is 6.31. The van der Waals surface area contributed by atoms with Gasteiger partial charge in [0.2, 0.25) is 5.91 Å². The smallest absolute Gasteiger partial charge is 0.257 e. The highest BCUT2D eigenvalue weighted by Gasteiger charge is 2.14. The van der Waals surface area contributed by atoms with Gasteiger partial charge in [0.15, 0.2) is 0 Å². The van der Waals surface area contributed by atoms with Crippen molar-refractivity contribution in [2.75, 3.05) is 29.6 Å². The lowest BCUT2D eigenvalue weighted by Gasteiger charge is -2.13. The fourth-order valence-electron chi connectivity index (χ4n) is 2.70. The highest BCUT2D eigenvalue weighted by Crippen LogP contribution is 2.27. The number of nitrogens with one attached hydrogen (secondary N) is 3. The zero-order chi connectivity index (χ0) is 20.6. The molecule has 0 radical (unpaired) electrons. The van der Waals surface area contributed by atoms with Gasteiger partial charge >= 0.3 is 0 Å². The largest absolute Gasteiger partial charge is 0.495 e. The Bertz CT molecular complexity index is 1010. The normalized spacial score (nSPS) is 10.1. The molecular weight excluding hydrogens is 390 g/mol. The number of anilines is 3. The zero-order valence-corrected chi connectivity index (χ0v) is 16.5. The van der Waals surface area contributed by atoms with Gasteiger partial charge in [0.1, 0.15) is 5.75 Å². The molecule has 29 heavy (non-hydrogen) atoms. The minimum atomic E-state index is -0.313. The summed E-state index contributed by atoms with van der Waals surface area (Å²) in [5.41, 5.74) is 2.06. The Morgan fingerprint density at radius 3 is 2.38 bits per heavy atom. The molecule has 0 bridgehead atoms. The number of methoxy groups -OCH3 is 1. The van der Waals surface area contributed by atoms with Gasteiger partial charge in [0, 0.05) is 10.7 Å². The van der Waals surface area contributed by atoms with Crippen molar-refractivity contribution in [2.45, 2.75) is 0 Å². The number of benzene rings is 3. The molecule has 0 saturated carbocycles. The summed E-state index contributed by atoms with van der Waals surface area (Å²) in [5.74, 6) is -0.0478. The van der Waals surface area contributed by atoms with Gasteiger partial charge < -0.3 is 20.7 Å². The monoisotopic (exact) mass is 409 g/mol. The molecular formula is C22H20ClN3O3. The highest BCUT2D eigenvalue weighted by atomic mass is 35.5. The van der Waals surface area contributed by atoms with Crippen LogP contribution in [0, 0.1) is 0 Å². The van der Waals surface area contributed by atoms with Crippen LogP contribution in [0.15, 0.2) is 72.8 Å². The van der Waals surface area contributed by atoms with E-state index in [-0.39, 0.29) is 18.4 Å². The van der Waals surface area contributed by atoms with E-state index >= 15 is 0 Å². The summed E-state index contributed by atoms with van der Waals surface area (Å²) in [7, 11) is 1.54. The first-order valence-corrected chi connectivity index (χ1v) is 9.27. The van der Waals surface area contributed by atoms with Crippen molar-refractivity contribution in [1.29, 1.82) is 0 Å². The molecule has 0 aliphatic rings. The summed E-state index contributed by atoms with van der Waals surface area (Å²) in [6.45, 7) is -0.0225. The molecule has 6 nitrogen and oxygen atoms in total. The van der Waals surface area contributed by atoms with Crippen LogP contribution in [0.25, 0.3) is 0 Å². The van der Waals surface area contributed by atoms with Crippen molar-refractivity contribution in [2.24, 2.45) is 0 Å². The molecule has 0 aliphatic heterocycles. The fourth-order valence-corrected chi connectivity index (χ4v) is 2.87. The van der Waals surface area contributed by atoms with Gasteiger partial charge in [-0.2, -0.15) is 0 Å². The van der Waals surface area contributed by atoms with Gasteiger partial charge in [0.05, 0.1) is 30.6 Å². The first-order valence-electron chi connectivity index (χ1n) is 8.89. The van der Waals surface area contributed by atoms with Crippen LogP contribution >= 0.6 is 11.6 Å². The summed E-state index contributed by atoms with van der Waals surface area (Å²) in [5, 5.41) is 9.09. The van der Waals surface area contributed by atoms with E-state index in [1.54, 1.807) is 54.6 Å². The van der Waals surface area contributed by atoms with Crippen LogP contribution in [0.3, 0.4) is 0 Å². The van der Waals surface area contributed by atoms with Crippen molar-refractivity contribution in [1.82, 2.24) is 0 Å². The summed E-state index contributed by atoms with van der Waals surface area (Å²) >= 11 is 6.00. The first kappa shape index (κ1) is 20.2. The maximum Gasteiger partial charge on any atom is 0.257 e. The van der Waals surface area contributed by atoms with E-state index in [0.717, 1.165) is 0 Å². The van der Waals surface area contributed by atoms with Crippen LogP contribution in [0.1, 0.15) is 10.4 Å². The number of carbonyl (C=O) groups excluding carboxylic acids is 2. The van der Waals surface area contributed by atoms with Crippen LogP contribution in [0.5, 0.6) is 5.75 Å². The minimum absolute atomic E-state index is 0.0225. The van der Waals surface area contributed by atoms with Gasteiger partial charge in [-0.3, -0.25) is 9.59 Å². The van der Waals surface area contributed by atoms with Crippen molar-refractivity contribution in [3.05, 3.63) is 83.4 Å². The third kappa shape index (κ3) is 5.49. The van der Waals surface area contributed by atoms with Crippen LogP contribution < -0.4 is 20.7 Å². The van der Waals surface area contributed by atoms with Crippen molar-refractivity contribution in [3.8, 4) is 5.75 Å². The van der Waals surface area contributed by atoms with Crippen molar-refractivity contribution < 1.29 is 14.3 Å². The van der Waals surface area contributed by atoms with Crippen molar-refractivity contribution >= 4 is 40.5 Å². The van der Waals surface area contributed by atoms with Crippen LogP contribution in [0.4, 0.5) is 17.1 Å². The Labute approximate surface area is 173 Å². The molecule has 148 valence electrons. The third-order valence-electron chi connectivity index (χ3n) is 4.08. The Balaban J connectivity index is 1.67. The fraction of sp³-hybridized carbons (Fsp3) is 0.0909. The van der Waals surface area contributed by atoms with Gasteiger partial charge in [-0.1, -0.05) is 41.9 Å². The number of rotatable bonds is 7. The Morgan fingerprint density at radius 1 is 0.897 bits per heavy atom. The minimum Gasteiger partial charge on any atom is -0.495 e. The van der Waals surface area contributed by atoms with E-state index in [9.17, 15) is 9.59 Å². The van der Waals surface area contributed by atoms with E-state index in [4.69, 9.17) is 16.3 Å². The topological polar surface area (TPSA) is 79.5 Å². The van der Waals surface area contributed by atoms with Gasteiger partial charge in [-0.15, -0.1) is 0 Å². The van der Waals surface area contributed by atoms with E-state index < -0.39 is 0 Å². The maximum atomic E-state index is 12.6. The molecule has 0 aromatic heterocycles. The van der Waals surface area contributed by atoms with Crippen molar-refractivity contribution in [3.63, 3.8) is 0 Å². The Kier molecular flexibility index (Phi) is 6.71. The Hall–Kier alpha value is -3.51. The van der Waals surface area contributed by atoms with E-state index in [1.807, 2.05) is 18.2 Å². The lowest BCUT2D eigenvalue weighted by molar-refractivity contribution is -0.114. The second kappa shape index (κ2) is 9.61. The third-order valence-corrected chi connectivity index (χ3v) is 4.31. The number of hydrogen-bond donors (Lipinski definition) is 3. The van der Waals surface area contributed by atoms with Gasteiger partial charge in [-0.05, 0) is 42.5 Å². The molecule has 0 saturated heterocycles. The predicted molar refractivity (Wildman–Crippen MR) is 116 cm³/mol. The number of hydrogen-bond acceptors (Lipinski definition) is 4. The average Bonchev–Trinajstić information content (AvgIpc) is 2.73. The lowest BCUT2D eigenvalue weighted by Crippen LogP contribution is -2.24. The quantitative estimate of drug-likeness (QED) is 0.530. The number of ether oxygens (including phenoxy) is 1. The van der Waals surface area contributed by atoms with Gasteiger partial charge in [-0.25, -0.2) is 0 Å². The molecule has 0 heterocycles. The number of amides is 2. The van der Waals surface area contributed by atoms with E-state index in [2.05, 4.69) is 16.0 Å². The number of carbonyl (C=O) groups is 2. The molecule has 0 atom stereocenters. The molecule has 0 aliphatic carbocycles. The van der Waals surface area contributed by atoms with E-state index in [0.29, 0.717) is 33.4 Å². The van der Waals surface area contributed by atoms with Crippen LogP contribution in [0.2, 0.25) is 5.02 Å². The number of halogens is 1. The first-order chi connectivity index (χ1) is 14.1. The summed E-state index contributed by atoms with van der Waals surface area (Å²) in [6, 6.07) is 21.0. The second-order valence-corrected chi connectivity index (χ2v) is 6.55. The molecule has 3 rings (SSSR count). The lowest BCUT2D eigenvalue weighted by atomic mass is 10.1. The second-order valence-electron chi connectivity index (χ2n) is 6.11. The summed E-state index contributed by atoms with van der Waals surface area (Å²) < 4.78 is 5.25. The SMILES string of the molecule is COc1ccc(Cl)cc1NCC(=O)Nc1ccccc1C(=O)Nc1ccccc1. The summed E-state index contributed by atoms with van der Waals surface area (Å²) in [4.78, 5) is 25.0. The zero-order valence-electron chi connectivity index (χ0n) is 15.7. The molecule has 0 spiro atoms. The molecule has 0 unspecified atom stereocenters. The maximum absolute atomic E-state index is 12.6. The predicted octanol–water partition coefficient (Wildman–Crippen LogP) is 4.65. The molecule has 2 amide bonds. The molecule has 0 fully saturated rings. The molecule has 3 aromatic carbocycles. The van der Waals surface area contributed by atoms with Gasteiger partial charge in [0.25, 0.3) is 5.91 Å². The van der Waals surface area contributed by atoms with E-state index in [1.165, 1.54) is 7.11 Å². The van der Waals surface area contributed by atoms with Crippen LogP contribution in [-0.2, 0) is 4.79 Å². The molecule has 3 aromatic rings. The molecule has 7 heteroatoms.